The second-order valence-electron chi connectivity index (χ2n) is 6.27. The van der Waals surface area contributed by atoms with Crippen LogP contribution in [0.3, 0.4) is 0 Å². The second kappa shape index (κ2) is 9.24. The van der Waals surface area contributed by atoms with Crippen molar-refractivity contribution in [3.8, 4) is 17.2 Å². The molecule has 0 aliphatic carbocycles. The number of benzene rings is 1. The normalized spacial score (nSPS) is 11.6. The highest BCUT2D eigenvalue weighted by molar-refractivity contribution is 5.71. The van der Waals surface area contributed by atoms with Crippen LogP contribution in [0.1, 0.15) is 18.5 Å². The fourth-order valence-corrected chi connectivity index (χ4v) is 2.53. The molecule has 0 aliphatic rings. The van der Waals surface area contributed by atoms with Crippen LogP contribution in [0.4, 0.5) is 20.4 Å². The number of rotatable bonds is 9. The summed E-state index contributed by atoms with van der Waals surface area (Å²) >= 11 is 0. The van der Waals surface area contributed by atoms with Crippen LogP contribution in [0.2, 0.25) is 0 Å². The average Bonchev–Trinajstić information content (AvgIpc) is 3.22. The fraction of sp³-hybridized carbons (Fsp3) is 0.263. The number of aromatic nitrogens is 4. The Bertz CT molecular complexity index is 1050. The molecule has 3 rings (SSSR count). The molecule has 1 unspecified atom stereocenters. The van der Waals surface area contributed by atoms with Crippen LogP contribution >= 0.6 is 0 Å². The molecule has 0 bridgehead atoms. The first-order valence-electron chi connectivity index (χ1n) is 8.91. The number of hydrogen-bond acceptors (Lipinski definition) is 8. The summed E-state index contributed by atoms with van der Waals surface area (Å²) in [5.74, 6) is -2.80. The van der Waals surface area contributed by atoms with E-state index in [1.807, 2.05) is 0 Å². The quantitative estimate of drug-likeness (QED) is 0.522. The number of carboxylic acids is 1. The second-order valence-corrected chi connectivity index (χ2v) is 6.27. The van der Waals surface area contributed by atoms with Crippen LogP contribution in [0, 0.1) is 11.6 Å². The predicted molar refractivity (Wildman–Crippen MR) is 104 cm³/mol. The van der Waals surface area contributed by atoms with E-state index in [1.165, 1.54) is 50.6 Å². The lowest BCUT2D eigenvalue weighted by molar-refractivity contribution is -0.140. The lowest BCUT2D eigenvalue weighted by Gasteiger charge is -2.13. The molecule has 2 N–H and O–H groups in total. The molecular formula is C19H19F2N5O5. The summed E-state index contributed by atoms with van der Waals surface area (Å²) < 4.78 is 45.2. The Kier molecular flexibility index (Phi) is 6.48. The monoisotopic (exact) mass is 435 g/mol. The van der Waals surface area contributed by atoms with Crippen LogP contribution in [0.5, 0.6) is 17.2 Å². The molecule has 1 atom stereocenters. The van der Waals surface area contributed by atoms with Gasteiger partial charge in [0, 0.05) is 12.3 Å². The molecule has 31 heavy (non-hydrogen) atoms. The predicted octanol–water partition coefficient (Wildman–Crippen LogP) is 2.94. The molecular weight excluding hydrogens is 416 g/mol. The fourth-order valence-electron chi connectivity index (χ4n) is 2.53. The minimum absolute atomic E-state index is 0.168. The Morgan fingerprint density at radius 2 is 1.77 bits per heavy atom. The van der Waals surface area contributed by atoms with E-state index in [0.29, 0.717) is 5.69 Å². The first-order valence-corrected chi connectivity index (χ1v) is 8.91. The zero-order valence-corrected chi connectivity index (χ0v) is 16.8. The first-order chi connectivity index (χ1) is 14.8. The molecule has 10 nitrogen and oxygen atoms in total. The van der Waals surface area contributed by atoms with E-state index in [1.54, 1.807) is 0 Å². The van der Waals surface area contributed by atoms with Gasteiger partial charge in [0.1, 0.15) is 12.6 Å². The van der Waals surface area contributed by atoms with Gasteiger partial charge in [-0.05, 0) is 6.92 Å². The van der Waals surface area contributed by atoms with Crippen molar-refractivity contribution in [2.24, 2.45) is 0 Å². The Balaban J connectivity index is 1.67. The summed E-state index contributed by atoms with van der Waals surface area (Å²) in [7, 11) is 2.51. The van der Waals surface area contributed by atoms with E-state index in [2.05, 4.69) is 20.4 Å². The topological polar surface area (TPSA) is 121 Å². The molecule has 0 spiro atoms. The summed E-state index contributed by atoms with van der Waals surface area (Å²) in [4.78, 5) is 19.1. The maximum atomic E-state index is 14.4. The number of nitrogens with one attached hydrogen (secondary N) is 1. The molecule has 1 aromatic carbocycles. The first kappa shape index (κ1) is 21.7. The third-order valence-electron chi connectivity index (χ3n) is 4.29. The summed E-state index contributed by atoms with van der Waals surface area (Å²) in [5.41, 5.74) is 0.118. The standard InChI is InChI=1S/C19H19F2N5O5/c1-10(18(27)28)26-8-11(5-24-26)25-19-22-6-12(7-23-19)31-9-13-16(20)14(29-2)4-15(30-3)17(13)21/h4-8,10H,9H2,1-3H3,(H,27,28)(H,22,23,25). The maximum Gasteiger partial charge on any atom is 0.328 e. The van der Waals surface area contributed by atoms with Gasteiger partial charge in [0.25, 0.3) is 0 Å². The molecule has 2 aromatic heterocycles. The third kappa shape index (κ3) is 4.79. The van der Waals surface area contributed by atoms with Crippen LogP contribution < -0.4 is 19.5 Å². The van der Waals surface area contributed by atoms with Gasteiger partial charge >= 0.3 is 5.97 Å². The van der Waals surface area contributed by atoms with Crippen molar-refractivity contribution in [3.05, 3.63) is 48.1 Å². The minimum atomic E-state index is -1.02. The van der Waals surface area contributed by atoms with E-state index in [4.69, 9.17) is 19.3 Å². The molecule has 0 saturated heterocycles. The number of nitrogens with zero attached hydrogens (tertiary/aromatic N) is 4. The van der Waals surface area contributed by atoms with E-state index < -0.39 is 30.3 Å². The van der Waals surface area contributed by atoms with Crippen molar-refractivity contribution in [2.75, 3.05) is 19.5 Å². The zero-order valence-electron chi connectivity index (χ0n) is 16.8. The molecule has 2 heterocycles. The Morgan fingerprint density at radius 3 is 2.32 bits per heavy atom. The number of anilines is 2. The molecule has 3 aromatic rings. The lowest BCUT2D eigenvalue weighted by atomic mass is 10.1. The van der Waals surface area contributed by atoms with Gasteiger partial charge in [-0.2, -0.15) is 5.10 Å². The Hall–Kier alpha value is -3.96. The van der Waals surface area contributed by atoms with Crippen molar-refractivity contribution in [2.45, 2.75) is 19.6 Å². The van der Waals surface area contributed by atoms with Crippen LogP contribution in [-0.4, -0.2) is 45.0 Å². The highest BCUT2D eigenvalue weighted by Gasteiger charge is 2.20. The molecule has 0 amide bonds. The largest absolute Gasteiger partial charge is 0.494 e. The highest BCUT2D eigenvalue weighted by atomic mass is 19.1. The summed E-state index contributed by atoms with van der Waals surface area (Å²) in [6.07, 6.45) is 5.54. The molecule has 0 fully saturated rings. The number of hydrogen-bond donors (Lipinski definition) is 2. The van der Waals surface area contributed by atoms with Crippen molar-refractivity contribution in [1.82, 2.24) is 19.7 Å². The number of methoxy groups -OCH3 is 2. The van der Waals surface area contributed by atoms with Gasteiger partial charge in [-0.3, -0.25) is 4.68 Å². The lowest BCUT2D eigenvalue weighted by Crippen LogP contribution is -2.15. The average molecular weight is 435 g/mol. The molecule has 0 aliphatic heterocycles. The number of carboxylic acid groups (broad SMARTS) is 1. The van der Waals surface area contributed by atoms with Crippen LogP contribution in [0.25, 0.3) is 0 Å². The van der Waals surface area contributed by atoms with Crippen molar-refractivity contribution in [1.29, 1.82) is 0 Å². The Labute approximate surface area is 175 Å². The number of aliphatic carboxylic acids is 1. The third-order valence-corrected chi connectivity index (χ3v) is 4.29. The van der Waals surface area contributed by atoms with E-state index in [-0.39, 0.29) is 28.8 Å². The Morgan fingerprint density at radius 1 is 1.16 bits per heavy atom. The van der Waals surface area contributed by atoms with Gasteiger partial charge in [-0.1, -0.05) is 0 Å². The molecule has 12 heteroatoms. The minimum Gasteiger partial charge on any atom is -0.494 e. The molecule has 164 valence electrons. The van der Waals surface area contributed by atoms with Crippen LogP contribution in [0.15, 0.2) is 30.9 Å². The van der Waals surface area contributed by atoms with E-state index >= 15 is 0 Å². The summed E-state index contributed by atoms with van der Waals surface area (Å²) in [6.45, 7) is 1.05. The SMILES string of the molecule is COc1cc(OC)c(F)c(COc2cnc(Nc3cnn(C(C)C(=O)O)c3)nc2)c1F. The van der Waals surface area contributed by atoms with E-state index in [9.17, 15) is 13.6 Å². The van der Waals surface area contributed by atoms with Crippen molar-refractivity contribution >= 4 is 17.6 Å². The van der Waals surface area contributed by atoms with Gasteiger partial charge in [0.05, 0.1) is 44.1 Å². The zero-order chi connectivity index (χ0) is 22.5. The number of carbonyl (C=O) groups is 1. The van der Waals surface area contributed by atoms with Gasteiger partial charge in [0.15, 0.2) is 28.9 Å². The maximum absolute atomic E-state index is 14.4. The molecule has 0 saturated carbocycles. The van der Waals surface area contributed by atoms with Gasteiger partial charge in [-0.25, -0.2) is 23.5 Å². The smallest absolute Gasteiger partial charge is 0.328 e. The van der Waals surface area contributed by atoms with Gasteiger partial charge in [-0.15, -0.1) is 0 Å². The highest BCUT2D eigenvalue weighted by Crippen LogP contribution is 2.32. The number of halogens is 2. The van der Waals surface area contributed by atoms with Gasteiger partial charge < -0.3 is 24.6 Å². The van der Waals surface area contributed by atoms with Gasteiger partial charge in [0.2, 0.25) is 5.95 Å². The van der Waals surface area contributed by atoms with Crippen molar-refractivity contribution < 1.29 is 32.9 Å². The molecule has 0 radical (unpaired) electrons. The van der Waals surface area contributed by atoms with Crippen LogP contribution in [-0.2, 0) is 11.4 Å². The summed E-state index contributed by atoms with van der Waals surface area (Å²) in [5, 5.41) is 15.8. The van der Waals surface area contributed by atoms with E-state index in [0.717, 1.165) is 6.07 Å². The van der Waals surface area contributed by atoms with Crippen molar-refractivity contribution in [3.63, 3.8) is 0 Å². The number of ether oxygens (including phenoxy) is 3. The summed E-state index contributed by atoms with van der Waals surface area (Å²) in [6, 6.07) is 0.278.